The molecule has 233 valence electrons. The molecular formula is C42H31BIrN4-2. The molecule has 0 unspecified atom stereocenters. The van der Waals surface area contributed by atoms with Crippen LogP contribution in [0.15, 0.2) is 152 Å². The van der Waals surface area contributed by atoms with Crippen LogP contribution in [0.5, 0.6) is 0 Å². The fraction of sp³-hybridized carbons (Fsp3) is 0.0476. The summed E-state index contributed by atoms with van der Waals surface area (Å²) in [6, 6.07) is 54.8. The predicted octanol–water partition coefficient (Wildman–Crippen LogP) is 7.44. The van der Waals surface area contributed by atoms with Gasteiger partial charge < -0.3 is 19.8 Å². The second-order valence-corrected chi connectivity index (χ2v) is 11.8. The molecule has 0 saturated carbocycles. The fourth-order valence-corrected chi connectivity index (χ4v) is 6.94. The molecule has 4 nitrogen and oxygen atoms in total. The molecule has 2 aliphatic rings. The van der Waals surface area contributed by atoms with Gasteiger partial charge in [0.2, 0.25) is 6.71 Å². The van der Waals surface area contributed by atoms with Gasteiger partial charge in [-0.25, -0.2) is 0 Å². The Morgan fingerprint density at radius 3 is 2.06 bits per heavy atom. The third-order valence-corrected chi connectivity index (χ3v) is 9.10. The zero-order valence-electron chi connectivity index (χ0n) is 26.6. The monoisotopic (exact) mass is 795 g/mol. The van der Waals surface area contributed by atoms with Crippen molar-refractivity contribution in [2.75, 3.05) is 23.9 Å². The summed E-state index contributed by atoms with van der Waals surface area (Å²) in [6.07, 6.45) is 3.70. The van der Waals surface area contributed by atoms with Crippen LogP contribution in [0.4, 0.5) is 22.7 Å². The maximum atomic E-state index is 4.81. The van der Waals surface area contributed by atoms with Crippen LogP contribution in [0, 0.1) is 12.1 Å². The summed E-state index contributed by atoms with van der Waals surface area (Å²) in [5.41, 5.74) is 15.3. The quantitative estimate of drug-likeness (QED) is 0.138. The van der Waals surface area contributed by atoms with E-state index in [1.165, 1.54) is 44.7 Å². The van der Waals surface area contributed by atoms with Crippen LogP contribution in [0.2, 0.25) is 0 Å². The molecule has 0 aliphatic carbocycles. The van der Waals surface area contributed by atoms with Gasteiger partial charge in [0.05, 0.1) is 0 Å². The van der Waals surface area contributed by atoms with Crippen LogP contribution in [0.1, 0.15) is 0 Å². The van der Waals surface area contributed by atoms with E-state index in [1.54, 1.807) is 6.20 Å². The molecule has 5 aromatic carbocycles. The molecule has 9 rings (SSSR count). The number of pyridine rings is 2. The Labute approximate surface area is 296 Å². The van der Waals surface area contributed by atoms with E-state index in [-0.39, 0.29) is 26.8 Å². The molecule has 0 atom stereocenters. The number of hydrogen-bond donors (Lipinski definition) is 0. The number of anilines is 4. The van der Waals surface area contributed by atoms with Crippen molar-refractivity contribution in [3.8, 4) is 33.6 Å². The number of hydrogen-bond acceptors (Lipinski definition) is 4. The van der Waals surface area contributed by atoms with Crippen molar-refractivity contribution in [1.29, 1.82) is 0 Å². The number of rotatable bonds is 3. The summed E-state index contributed by atoms with van der Waals surface area (Å²) < 4.78 is 0. The van der Waals surface area contributed by atoms with Gasteiger partial charge >= 0.3 is 0 Å². The molecule has 0 bridgehead atoms. The number of aromatic nitrogens is 2. The summed E-state index contributed by atoms with van der Waals surface area (Å²) in [6.45, 7) is 0.172. The van der Waals surface area contributed by atoms with Gasteiger partial charge in [-0.15, -0.1) is 65.1 Å². The van der Waals surface area contributed by atoms with E-state index < -0.39 is 0 Å². The number of nitrogens with zero attached hydrogens (tertiary/aromatic N) is 4. The predicted molar refractivity (Wildman–Crippen MR) is 196 cm³/mol. The third-order valence-electron chi connectivity index (χ3n) is 9.10. The summed E-state index contributed by atoms with van der Waals surface area (Å²) in [7, 11) is 4.34. The molecule has 0 N–H and O–H groups in total. The summed E-state index contributed by atoms with van der Waals surface area (Å²) in [4.78, 5) is 13.7. The van der Waals surface area contributed by atoms with Gasteiger partial charge in [0, 0.05) is 63.7 Å². The van der Waals surface area contributed by atoms with Crippen molar-refractivity contribution in [2.24, 2.45) is 0 Å². The Kier molecular flexibility index (Phi) is 8.77. The van der Waals surface area contributed by atoms with Crippen LogP contribution in [-0.2, 0) is 20.1 Å². The largest absolute Gasteiger partial charge is 0.385 e. The average molecular weight is 795 g/mol. The van der Waals surface area contributed by atoms with Crippen LogP contribution < -0.4 is 26.2 Å². The Bertz CT molecular complexity index is 2150. The van der Waals surface area contributed by atoms with E-state index in [0.29, 0.717) is 0 Å². The van der Waals surface area contributed by atoms with E-state index in [0.717, 1.165) is 28.1 Å². The Morgan fingerprint density at radius 1 is 0.542 bits per heavy atom. The second kappa shape index (κ2) is 13.4. The molecule has 0 amide bonds. The Morgan fingerprint density at radius 2 is 1.27 bits per heavy atom. The average Bonchev–Trinajstić information content (AvgIpc) is 3.16. The Balaban J connectivity index is 0.000000237. The molecule has 4 heterocycles. The second-order valence-electron chi connectivity index (χ2n) is 11.8. The van der Waals surface area contributed by atoms with Crippen molar-refractivity contribution in [3.05, 3.63) is 164 Å². The molecular weight excluding hydrogens is 764 g/mol. The molecule has 0 spiro atoms. The number of fused-ring (bicyclic) bond motifs is 4. The SMILES string of the molecule is CN1c2ccccc2B2c3cc[c-]c(-c4cc(-c5ccccc5)ccn4)c3N(C)c3cccc1c32.[Ir].[c-]1ccccc1-c1ccccn1. The maximum Gasteiger partial charge on any atom is 0.233 e. The van der Waals surface area contributed by atoms with Crippen LogP contribution in [0.3, 0.4) is 0 Å². The molecule has 6 heteroatoms. The van der Waals surface area contributed by atoms with Gasteiger partial charge in [0.15, 0.2) is 0 Å². The van der Waals surface area contributed by atoms with Crippen LogP contribution in [0.25, 0.3) is 33.6 Å². The third kappa shape index (κ3) is 5.53. The van der Waals surface area contributed by atoms with Crippen molar-refractivity contribution < 1.29 is 20.1 Å². The topological polar surface area (TPSA) is 32.3 Å². The standard InChI is InChI=1S/C31H23BN3.C11H8N.Ir/c1-34-27-15-7-6-13-24(27)32-25-14-8-12-23(31(25)35(2)29-17-9-16-28(34)30(29)32)26-20-22(18-19-33-26)21-10-4-3-5-11-21;1-2-6-10(7-3-1)11-8-4-5-9-12-11;/h3-11,13-20H,1-2H3;1-6,8-9H;/q2*-1;. The van der Waals surface area contributed by atoms with Gasteiger partial charge in [-0.2, -0.15) is 0 Å². The molecule has 2 aromatic heterocycles. The smallest absolute Gasteiger partial charge is 0.233 e. The molecule has 0 fully saturated rings. The van der Waals surface area contributed by atoms with Crippen molar-refractivity contribution in [3.63, 3.8) is 0 Å². The van der Waals surface area contributed by atoms with E-state index >= 15 is 0 Å². The van der Waals surface area contributed by atoms with E-state index in [2.05, 4.69) is 132 Å². The summed E-state index contributed by atoms with van der Waals surface area (Å²) >= 11 is 0. The molecule has 7 aromatic rings. The number of para-hydroxylation sites is 1. The summed E-state index contributed by atoms with van der Waals surface area (Å²) in [5.74, 6) is 0. The molecule has 0 saturated heterocycles. The van der Waals surface area contributed by atoms with Crippen molar-refractivity contribution in [2.45, 2.75) is 0 Å². The normalized spacial score (nSPS) is 12.1. The van der Waals surface area contributed by atoms with Crippen molar-refractivity contribution in [1.82, 2.24) is 9.97 Å². The fourth-order valence-electron chi connectivity index (χ4n) is 6.94. The first-order valence-electron chi connectivity index (χ1n) is 15.8. The van der Waals surface area contributed by atoms with E-state index in [4.69, 9.17) is 4.98 Å². The first kappa shape index (κ1) is 31.3. The van der Waals surface area contributed by atoms with Gasteiger partial charge in [0.25, 0.3) is 0 Å². The van der Waals surface area contributed by atoms with Gasteiger partial charge in [-0.3, -0.25) is 0 Å². The minimum atomic E-state index is 0. The van der Waals surface area contributed by atoms with Crippen LogP contribution in [-0.4, -0.2) is 30.8 Å². The van der Waals surface area contributed by atoms with E-state index in [9.17, 15) is 0 Å². The minimum Gasteiger partial charge on any atom is -0.385 e. The van der Waals surface area contributed by atoms with Crippen LogP contribution >= 0.6 is 0 Å². The Hall–Kier alpha value is -5.29. The van der Waals surface area contributed by atoms with Crippen molar-refractivity contribution >= 4 is 45.9 Å². The first-order valence-corrected chi connectivity index (χ1v) is 15.8. The minimum absolute atomic E-state index is 0. The van der Waals surface area contributed by atoms with Gasteiger partial charge in [-0.1, -0.05) is 72.8 Å². The van der Waals surface area contributed by atoms with Gasteiger partial charge in [-0.05, 0) is 69.5 Å². The summed E-state index contributed by atoms with van der Waals surface area (Å²) in [5, 5.41) is 0. The number of benzene rings is 5. The molecule has 48 heavy (non-hydrogen) atoms. The zero-order valence-corrected chi connectivity index (χ0v) is 29.0. The first-order chi connectivity index (χ1) is 23.2. The molecule has 2 aliphatic heterocycles. The zero-order chi connectivity index (χ0) is 31.7. The van der Waals surface area contributed by atoms with Gasteiger partial charge in [0.1, 0.15) is 0 Å². The van der Waals surface area contributed by atoms with E-state index in [1.807, 2.05) is 54.7 Å². The maximum absolute atomic E-state index is 4.81. The molecule has 1 radical (unpaired) electrons.